The summed E-state index contributed by atoms with van der Waals surface area (Å²) in [5, 5.41) is 2.87. The summed E-state index contributed by atoms with van der Waals surface area (Å²) in [5.41, 5.74) is 5.13. The fourth-order valence-corrected chi connectivity index (χ4v) is 1.23. The summed E-state index contributed by atoms with van der Waals surface area (Å²) in [6.45, 7) is 13.0. The van der Waals surface area contributed by atoms with Crippen LogP contribution in [0, 0.1) is 0 Å². The van der Waals surface area contributed by atoms with E-state index < -0.39 is 5.60 Å². The maximum absolute atomic E-state index is 11.8. The Bertz CT molecular complexity index is 321. The van der Waals surface area contributed by atoms with Gasteiger partial charge in [-0.3, -0.25) is 4.99 Å². The Kier molecular flexibility index (Phi) is 7.63. The van der Waals surface area contributed by atoms with Gasteiger partial charge in [0.15, 0.2) is 5.96 Å². The number of hydrogen-bond donors (Lipinski definition) is 2. The number of ether oxygens (including phenoxy) is 1. The summed E-state index contributed by atoms with van der Waals surface area (Å²) < 4.78 is 5.29. The topological polar surface area (TPSA) is 80.0 Å². The maximum atomic E-state index is 11.8. The van der Waals surface area contributed by atoms with Crippen LogP contribution in [0.4, 0.5) is 4.79 Å². The Morgan fingerprint density at radius 1 is 1.53 bits per heavy atom. The number of aliphatic imine (C=N–C) groups is 1. The summed E-state index contributed by atoms with van der Waals surface area (Å²) >= 11 is 0. The summed E-state index contributed by atoms with van der Waals surface area (Å²) in [7, 11) is 0. The zero-order chi connectivity index (χ0) is 14.9. The van der Waals surface area contributed by atoms with Crippen LogP contribution in [0.2, 0.25) is 0 Å². The van der Waals surface area contributed by atoms with E-state index in [1.807, 2.05) is 27.7 Å². The van der Waals surface area contributed by atoms with Crippen LogP contribution in [0.1, 0.15) is 27.7 Å². The molecule has 0 aliphatic carbocycles. The lowest BCUT2D eigenvalue weighted by molar-refractivity contribution is 0.0266. The highest BCUT2D eigenvalue weighted by atomic mass is 16.6. The van der Waals surface area contributed by atoms with Gasteiger partial charge in [-0.25, -0.2) is 4.79 Å². The molecular weight excluding hydrogens is 244 g/mol. The van der Waals surface area contributed by atoms with Gasteiger partial charge in [0.25, 0.3) is 0 Å². The summed E-state index contributed by atoms with van der Waals surface area (Å²) in [5.74, 6) is 0.347. The van der Waals surface area contributed by atoms with Crippen molar-refractivity contribution in [3.63, 3.8) is 0 Å². The fourth-order valence-electron chi connectivity index (χ4n) is 1.23. The highest BCUT2D eigenvalue weighted by Crippen LogP contribution is 2.09. The molecule has 6 nitrogen and oxygen atoms in total. The van der Waals surface area contributed by atoms with E-state index in [4.69, 9.17) is 10.5 Å². The molecule has 0 saturated carbocycles. The Hall–Kier alpha value is -1.72. The van der Waals surface area contributed by atoms with E-state index in [1.54, 1.807) is 11.0 Å². The first-order valence-electron chi connectivity index (χ1n) is 6.42. The lowest BCUT2D eigenvalue weighted by atomic mass is 10.2. The smallest absolute Gasteiger partial charge is 0.410 e. The fraction of sp³-hybridized carbons (Fsp3) is 0.692. The van der Waals surface area contributed by atoms with Crippen LogP contribution in [0.25, 0.3) is 0 Å². The molecule has 0 aliphatic rings. The van der Waals surface area contributed by atoms with E-state index in [2.05, 4.69) is 16.9 Å². The van der Waals surface area contributed by atoms with Gasteiger partial charge in [0.2, 0.25) is 0 Å². The molecule has 0 unspecified atom stereocenters. The summed E-state index contributed by atoms with van der Waals surface area (Å²) in [6.07, 6.45) is 1.37. The van der Waals surface area contributed by atoms with Crippen molar-refractivity contribution in [3.8, 4) is 0 Å². The Morgan fingerprint density at radius 2 is 2.16 bits per heavy atom. The highest BCUT2D eigenvalue weighted by molar-refractivity contribution is 5.78. The average Bonchev–Trinajstić information content (AvgIpc) is 2.29. The molecule has 6 heteroatoms. The van der Waals surface area contributed by atoms with Crippen molar-refractivity contribution in [3.05, 3.63) is 12.7 Å². The molecule has 0 aromatic rings. The van der Waals surface area contributed by atoms with Crippen LogP contribution in [-0.4, -0.2) is 48.7 Å². The summed E-state index contributed by atoms with van der Waals surface area (Å²) in [6, 6.07) is 0. The molecule has 0 atom stereocenters. The third-order valence-corrected chi connectivity index (χ3v) is 2.11. The van der Waals surface area contributed by atoms with Crippen molar-refractivity contribution >= 4 is 12.1 Å². The first-order valence-corrected chi connectivity index (χ1v) is 6.42. The van der Waals surface area contributed by atoms with Gasteiger partial charge < -0.3 is 20.7 Å². The van der Waals surface area contributed by atoms with E-state index in [1.165, 1.54) is 0 Å². The van der Waals surface area contributed by atoms with E-state index in [0.717, 1.165) is 0 Å². The molecular formula is C13H26N4O2. The average molecular weight is 270 g/mol. The number of nitrogens with one attached hydrogen (secondary N) is 1. The first-order chi connectivity index (χ1) is 8.80. The number of nitrogens with zero attached hydrogens (tertiary/aromatic N) is 2. The van der Waals surface area contributed by atoms with Gasteiger partial charge in [0.1, 0.15) is 5.60 Å². The van der Waals surface area contributed by atoms with Crippen molar-refractivity contribution in [1.82, 2.24) is 10.2 Å². The van der Waals surface area contributed by atoms with E-state index in [0.29, 0.717) is 32.1 Å². The minimum Gasteiger partial charge on any atom is -0.444 e. The molecule has 110 valence electrons. The lowest BCUT2D eigenvalue weighted by Crippen LogP contribution is -2.39. The Morgan fingerprint density at radius 3 is 2.63 bits per heavy atom. The molecule has 0 aliphatic heterocycles. The van der Waals surface area contributed by atoms with E-state index >= 15 is 0 Å². The SMILES string of the molecule is C=CCNC(N)=NCCN(CC)C(=O)OC(C)(C)C. The standard InChI is InChI=1S/C13H26N4O2/c1-6-8-15-11(14)16-9-10-17(7-2)12(18)19-13(3,4)5/h6H,1,7-10H2,2-5H3,(H3,14,15,16). The number of guanidine groups is 1. The minimum absolute atomic E-state index is 0.331. The van der Waals surface area contributed by atoms with Gasteiger partial charge >= 0.3 is 6.09 Å². The van der Waals surface area contributed by atoms with Gasteiger partial charge in [-0.1, -0.05) is 6.08 Å². The molecule has 0 heterocycles. The van der Waals surface area contributed by atoms with Crippen LogP contribution in [0.3, 0.4) is 0 Å². The first kappa shape index (κ1) is 17.3. The second kappa shape index (κ2) is 8.39. The quantitative estimate of drug-likeness (QED) is 0.433. The number of amides is 1. The lowest BCUT2D eigenvalue weighted by Gasteiger charge is -2.26. The minimum atomic E-state index is -0.488. The van der Waals surface area contributed by atoms with Gasteiger partial charge in [-0.05, 0) is 27.7 Å². The monoisotopic (exact) mass is 270 g/mol. The zero-order valence-electron chi connectivity index (χ0n) is 12.4. The molecule has 0 aromatic heterocycles. The molecule has 3 N–H and O–H groups in total. The van der Waals surface area contributed by atoms with E-state index in [-0.39, 0.29) is 6.09 Å². The van der Waals surface area contributed by atoms with Crippen LogP contribution in [0.5, 0.6) is 0 Å². The van der Waals surface area contributed by atoms with Crippen molar-refractivity contribution < 1.29 is 9.53 Å². The molecule has 1 amide bonds. The third-order valence-electron chi connectivity index (χ3n) is 2.11. The predicted octanol–water partition coefficient (Wildman–Crippen LogP) is 1.33. The van der Waals surface area contributed by atoms with Crippen molar-refractivity contribution in [2.45, 2.75) is 33.3 Å². The molecule has 0 saturated heterocycles. The maximum Gasteiger partial charge on any atom is 0.410 e. The highest BCUT2D eigenvalue weighted by Gasteiger charge is 2.20. The number of rotatable bonds is 6. The molecule has 0 aromatic carbocycles. The number of hydrogen-bond acceptors (Lipinski definition) is 3. The van der Waals surface area contributed by atoms with Crippen molar-refractivity contribution in [2.24, 2.45) is 10.7 Å². The number of likely N-dealkylation sites (N-methyl/N-ethyl adjacent to an activating group) is 1. The van der Waals surface area contributed by atoms with Gasteiger partial charge in [-0.2, -0.15) is 0 Å². The molecule has 0 rings (SSSR count). The third kappa shape index (κ3) is 8.93. The van der Waals surface area contributed by atoms with Crippen LogP contribution >= 0.6 is 0 Å². The normalized spacial score (nSPS) is 11.9. The largest absolute Gasteiger partial charge is 0.444 e. The van der Waals surface area contributed by atoms with Crippen LogP contribution in [-0.2, 0) is 4.74 Å². The number of nitrogens with two attached hydrogens (primary N) is 1. The van der Waals surface area contributed by atoms with Crippen molar-refractivity contribution in [2.75, 3.05) is 26.2 Å². The van der Waals surface area contributed by atoms with Gasteiger partial charge in [0, 0.05) is 19.6 Å². The van der Waals surface area contributed by atoms with Crippen LogP contribution < -0.4 is 11.1 Å². The predicted molar refractivity (Wildman–Crippen MR) is 78.2 cm³/mol. The second-order valence-electron chi connectivity index (χ2n) is 5.00. The van der Waals surface area contributed by atoms with Gasteiger partial charge in [0.05, 0.1) is 6.54 Å². The molecule has 19 heavy (non-hydrogen) atoms. The second-order valence-corrected chi connectivity index (χ2v) is 5.00. The Labute approximate surface area is 115 Å². The number of carbonyl (C=O) groups is 1. The molecule has 0 radical (unpaired) electrons. The van der Waals surface area contributed by atoms with E-state index in [9.17, 15) is 4.79 Å². The molecule has 0 fully saturated rings. The number of carbonyl (C=O) groups excluding carboxylic acids is 1. The summed E-state index contributed by atoms with van der Waals surface area (Å²) in [4.78, 5) is 17.5. The van der Waals surface area contributed by atoms with Crippen LogP contribution in [0.15, 0.2) is 17.6 Å². The molecule has 0 spiro atoms. The van der Waals surface area contributed by atoms with Crippen molar-refractivity contribution in [1.29, 1.82) is 0 Å². The van der Waals surface area contributed by atoms with Gasteiger partial charge in [-0.15, -0.1) is 6.58 Å². The molecule has 0 bridgehead atoms. The zero-order valence-corrected chi connectivity index (χ0v) is 12.4. The Balaban J connectivity index is 4.20.